The number of benzene rings is 5. The van der Waals surface area contributed by atoms with Gasteiger partial charge < -0.3 is 0 Å². The first-order chi connectivity index (χ1) is 16.8. The summed E-state index contributed by atoms with van der Waals surface area (Å²) in [6.07, 6.45) is 3.84. The molecule has 0 aliphatic heterocycles. The number of para-hydroxylation sites is 1. The molecule has 0 bridgehead atoms. The predicted octanol–water partition coefficient (Wildman–Crippen LogP) is 9.03. The Morgan fingerprint density at radius 1 is 0.529 bits per heavy atom. The molecule has 5 aromatic carbocycles. The lowest BCUT2D eigenvalue weighted by Crippen LogP contribution is -1.87. The van der Waals surface area contributed by atoms with Gasteiger partial charge in [-0.2, -0.15) is 0 Å². The van der Waals surface area contributed by atoms with E-state index in [1.807, 2.05) is 24.4 Å². The summed E-state index contributed by atoms with van der Waals surface area (Å²) in [5, 5.41) is 3.66. The fraction of sp³-hybridized carbons (Fsp3) is 0. The molecule has 1 heterocycles. The van der Waals surface area contributed by atoms with E-state index >= 15 is 0 Å². The van der Waals surface area contributed by atoms with Crippen LogP contribution in [-0.4, -0.2) is 4.98 Å². The quantitative estimate of drug-likeness (QED) is 0.270. The molecule has 6 rings (SSSR count). The van der Waals surface area contributed by atoms with Gasteiger partial charge in [0.1, 0.15) is 0 Å². The van der Waals surface area contributed by atoms with E-state index in [1.165, 1.54) is 38.6 Å². The minimum atomic E-state index is 1.02. The molecule has 0 saturated carbocycles. The van der Waals surface area contributed by atoms with Crippen LogP contribution in [0.3, 0.4) is 0 Å². The largest absolute Gasteiger partial charge is 0.256 e. The second kappa shape index (κ2) is 8.46. The number of pyridine rings is 1. The summed E-state index contributed by atoms with van der Waals surface area (Å²) in [5.41, 5.74) is 9.32. The summed E-state index contributed by atoms with van der Waals surface area (Å²) < 4.78 is 0. The predicted molar refractivity (Wildman–Crippen MR) is 146 cm³/mol. The number of aromatic nitrogens is 1. The van der Waals surface area contributed by atoms with Crippen molar-refractivity contribution in [3.8, 4) is 33.4 Å². The number of nitrogens with zero attached hydrogens (tertiary/aromatic N) is 1. The molecule has 0 aliphatic rings. The number of hydrogen-bond donors (Lipinski definition) is 0. The Balaban J connectivity index is 1.44. The summed E-state index contributed by atoms with van der Waals surface area (Å²) in [6, 6.07) is 41.0. The van der Waals surface area contributed by atoms with Crippen molar-refractivity contribution in [2.75, 3.05) is 0 Å². The highest BCUT2D eigenvalue weighted by Crippen LogP contribution is 2.35. The molecule has 6 aromatic rings. The van der Waals surface area contributed by atoms with Gasteiger partial charge in [-0.15, -0.1) is 0 Å². The molecule has 160 valence electrons. The average Bonchev–Trinajstić information content (AvgIpc) is 2.92. The molecule has 0 amide bonds. The third-order valence-electron chi connectivity index (χ3n) is 6.46. The lowest BCUT2D eigenvalue weighted by atomic mass is 9.92. The van der Waals surface area contributed by atoms with Gasteiger partial charge in [0, 0.05) is 17.1 Å². The molecule has 34 heavy (non-hydrogen) atoms. The van der Waals surface area contributed by atoms with E-state index in [9.17, 15) is 0 Å². The maximum Gasteiger partial charge on any atom is 0.0702 e. The summed E-state index contributed by atoms with van der Waals surface area (Å²) in [4.78, 5) is 4.63. The van der Waals surface area contributed by atoms with Crippen LogP contribution in [0.5, 0.6) is 0 Å². The van der Waals surface area contributed by atoms with Crippen LogP contribution in [0.2, 0.25) is 0 Å². The van der Waals surface area contributed by atoms with Crippen molar-refractivity contribution in [1.82, 2.24) is 4.98 Å². The number of rotatable bonds is 4. The zero-order valence-corrected chi connectivity index (χ0v) is 18.8. The van der Waals surface area contributed by atoms with Crippen molar-refractivity contribution < 1.29 is 0 Å². The Hall–Kier alpha value is -4.49. The minimum absolute atomic E-state index is 1.02. The van der Waals surface area contributed by atoms with E-state index in [2.05, 4.69) is 115 Å². The van der Waals surface area contributed by atoms with Crippen LogP contribution in [-0.2, 0) is 0 Å². The van der Waals surface area contributed by atoms with Crippen molar-refractivity contribution in [1.29, 1.82) is 0 Å². The van der Waals surface area contributed by atoms with Crippen molar-refractivity contribution in [3.05, 3.63) is 134 Å². The Kier molecular flexibility index (Phi) is 5.01. The molecule has 1 nitrogen and oxygen atoms in total. The second-order valence-corrected chi connectivity index (χ2v) is 8.57. The highest BCUT2D eigenvalue weighted by molar-refractivity contribution is 6.00. The van der Waals surface area contributed by atoms with Gasteiger partial charge in [0.25, 0.3) is 0 Å². The molecule has 0 fully saturated rings. The van der Waals surface area contributed by atoms with Crippen molar-refractivity contribution in [2.24, 2.45) is 0 Å². The highest BCUT2D eigenvalue weighted by Gasteiger charge is 2.09. The van der Waals surface area contributed by atoms with Gasteiger partial charge in [0.15, 0.2) is 0 Å². The number of fused-ring (bicyclic) bond motifs is 2. The fourth-order valence-electron chi connectivity index (χ4n) is 4.60. The van der Waals surface area contributed by atoms with Gasteiger partial charge >= 0.3 is 0 Å². The van der Waals surface area contributed by atoms with E-state index in [0.29, 0.717) is 0 Å². The van der Waals surface area contributed by atoms with Crippen LogP contribution in [0.25, 0.3) is 61.1 Å². The van der Waals surface area contributed by atoms with Crippen molar-refractivity contribution in [2.45, 2.75) is 0 Å². The van der Waals surface area contributed by atoms with Crippen molar-refractivity contribution >= 4 is 27.8 Å². The lowest BCUT2D eigenvalue weighted by Gasteiger charge is -2.12. The molecular formula is C33H23N. The summed E-state index contributed by atoms with van der Waals surface area (Å²) >= 11 is 0. The lowest BCUT2D eigenvalue weighted by molar-refractivity contribution is 1.41. The summed E-state index contributed by atoms with van der Waals surface area (Å²) in [7, 11) is 0. The third kappa shape index (κ3) is 3.68. The Labute approximate surface area is 199 Å². The molecule has 0 spiro atoms. The third-order valence-corrected chi connectivity index (χ3v) is 6.46. The van der Waals surface area contributed by atoms with E-state index in [1.54, 1.807) is 0 Å². The summed E-state index contributed by atoms with van der Waals surface area (Å²) in [6.45, 7) is 3.87. The molecule has 1 aromatic heterocycles. The molecule has 0 N–H and O–H groups in total. The maximum absolute atomic E-state index is 4.63. The Morgan fingerprint density at radius 2 is 1.15 bits per heavy atom. The smallest absolute Gasteiger partial charge is 0.0702 e. The zero-order chi connectivity index (χ0) is 22.9. The minimum Gasteiger partial charge on any atom is -0.256 e. The highest BCUT2D eigenvalue weighted by atomic mass is 14.6. The zero-order valence-electron chi connectivity index (χ0n) is 18.8. The molecule has 0 radical (unpaired) electrons. The van der Waals surface area contributed by atoms with Crippen LogP contribution >= 0.6 is 0 Å². The maximum atomic E-state index is 4.63. The van der Waals surface area contributed by atoms with E-state index in [-0.39, 0.29) is 0 Å². The first-order valence-corrected chi connectivity index (χ1v) is 11.5. The van der Waals surface area contributed by atoms with Crippen LogP contribution in [0.1, 0.15) is 5.56 Å². The fourth-order valence-corrected chi connectivity index (χ4v) is 4.60. The van der Waals surface area contributed by atoms with Crippen LogP contribution in [0, 0.1) is 0 Å². The molecule has 0 aliphatic carbocycles. The molecule has 0 atom stereocenters. The van der Waals surface area contributed by atoms with E-state index in [4.69, 9.17) is 0 Å². The van der Waals surface area contributed by atoms with E-state index < -0.39 is 0 Å². The van der Waals surface area contributed by atoms with Gasteiger partial charge in [-0.1, -0.05) is 104 Å². The van der Waals surface area contributed by atoms with Gasteiger partial charge in [0.05, 0.1) is 5.52 Å². The van der Waals surface area contributed by atoms with Gasteiger partial charge in [-0.05, 0) is 68.4 Å². The monoisotopic (exact) mass is 433 g/mol. The van der Waals surface area contributed by atoms with Gasteiger partial charge in [0.2, 0.25) is 0 Å². The van der Waals surface area contributed by atoms with Crippen LogP contribution < -0.4 is 0 Å². The average molecular weight is 434 g/mol. The van der Waals surface area contributed by atoms with Crippen LogP contribution in [0.15, 0.2) is 128 Å². The SMILES string of the molecule is C=Cc1ccc(-c2cc(-c3ccc(-c4cnc5ccccc5c4)cc3)c3ccccc3c2)cc1. The molecule has 0 saturated heterocycles. The second-order valence-electron chi connectivity index (χ2n) is 8.57. The normalized spacial score (nSPS) is 11.1. The molecule has 1 heteroatoms. The Morgan fingerprint density at radius 3 is 1.94 bits per heavy atom. The van der Waals surface area contributed by atoms with E-state index in [0.717, 1.165) is 22.0 Å². The topological polar surface area (TPSA) is 12.9 Å². The van der Waals surface area contributed by atoms with Crippen LogP contribution in [0.4, 0.5) is 0 Å². The Bertz CT molecular complexity index is 1640. The molecular weight excluding hydrogens is 410 g/mol. The first-order valence-electron chi connectivity index (χ1n) is 11.5. The molecule has 0 unspecified atom stereocenters. The summed E-state index contributed by atoms with van der Waals surface area (Å²) in [5.74, 6) is 0. The van der Waals surface area contributed by atoms with Gasteiger partial charge in [-0.3, -0.25) is 4.98 Å². The van der Waals surface area contributed by atoms with Crippen molar-refractivity contribution in [3.63, 3.8) is 0 Å². The first kappa shape index (κ1) is 20.1. The standard InChI is InChI=1S/C33H23N/c1-2-23-11-13-24(14-12-23)29-19-27-7-3-5-9-31(27)32(21-29)26-17-15-25(16-18-26)30-20-28-8-4-6-10-33(28)34-22-30/h2-22H,1H2. The van der Waals surface area contributed by atoms with Gasteiger partial charge in [-0.25, -0.2) is 0 Å². The number of hydrogen-bond acceptors (Lipinski definition) is 1.